The number of rotatable bonds is 6. The molecule has 4 rings (SSSR count). The number of aromatic nitrogens is 1. The second kappa shape index (κ2) is 8.38. The average molecular weight is 483 g/mol. The summed E-state index contributed by atoms with van der Waals surface area (Å²) in [6, 6.07) is 25.1. The summed E-state index contributed by atoms with van der Waals surface area (Å²) < 4.78 is 31.8. The molecule has 0 amide bonds. The summed E-state index contributed by atoms with van der Waals surface area (Å²) in [6.07, 6.45) is 0. The predicted octanol–water partition coefficient (Wildman–Crippen LogP) is 5.36. The molecule has 1 heterocycles. The number of nitrogens with one attached hydrogen (secondary N) is 1. The third kappa shape index (κ3) is 3.95. The number of halogens is 1. The second-order valence-corrected chi connectivity index (χ2v) is 9.93. The van der Waals surface area contributed by atoms with Crippen LogP contribution in [0.25, 0.3) is 10.9 Å². The Morgan fingerprint density at radius 1 is 0.933 bits per heavy atom. The molecule has 0 aliphatic heterocycles. The lowest BCUT2D eigenvalue weighted by molar-refractivity contribution is 0.577. The maximum atomic E-state index is 12.9. The zero-order chi connectivity index (χ0) is 21.3. The van der Waals surface area contributed by atoms with E-state index in [9.17, 15) is 8.42 Å². The van der Waals surface area contributed by atoms with E-state index in [1.165, 1.54) is 0 Å². The first-order valence-corrected chi connectivity index (χ1v) is 12.0. The normalized spacial score (nSPS) is 12.9. The Morgan fingerprint density at radius 3 is 2.27 bits per heavy atom. The quantitative estimate of drug-likeness (QED) is 0.402. The number of sulfonamides is 1. The Balaban J connectivity index is 1.76. The number of hydrogen-bond donors (Lipinski definition) is 1. The minimum atomic E-state index is -3.62. The molecule has 0 spiro atoms. The Hall–Kier alpha value is -2.41. The molecule has 0 saturated carbocycles. The van der Waals surface area contributed by atoms with Gasteiger partial charge >= 0.3 is 0 Å². The SMILES string of the molecule is Cc1ccc(S(=O)(=O)NCC(c2ccccc2)c2c(Br)n(C)c3ccccc23)cc1. The number of aryl methyl sites for hydroxylation is 2. The summed E-state index contributed by atoms with van der Waals surface area (Å²) in [4.78, 5) is 0.275. The van der Waals surface area contributed by atoms with E-state index in [2.05, 4.69) is 37.4 Å². The van der Waals surface area contributed by atoms with Crippen molar-refractivity contribution in [3.63, 3.8) is 0 Å². The molecule has 1 unspecified atom stereocenters. The number of para-hydroxylation sites is 1. The topological polar surface area (TPSA) is 51.1 Å². The van der Waals surface area contributed by atoms with E-state index in [4.69, 9.17) is 0 Å². The van der Waals surface area contributed by atoms with Gasteiger partial charge in [0.2, 0.25) is 10.0 Å². The van der Waals surface area contributed by atoms with Crippen molar-refractivity contribution in [2.24, 2.45) is 7.05 Å². The number of hydrogen-bond acceptors (Lipinski definition) is 2. The van der Waals surface area contributed by atoms with E-state index in [1.54, 1.807) is 12.1 Å². The molecule has 0 saturated heterocycles. The Bertz CT molecular complexity index is 1280. The van der Waals surface area contributed by atoms with Crippen LogP contribution in [0.3, 0.4) is 0 Å². The minimum absolute atomic E-state index is 0.146. The van der Waals surface area contributed by atoms with Crippen LogP contribution in [0.1, 0.15) is 22.6 Å². The van der Waals surface area contributed by atoms with E-state index in [0.717, 1.165) is 32.2 Å². The smallest absolute Gasteiger partial charge is 0.240 e. The largest absolute Gasteiger partial charge is 0.338 e. The van der Waals surface area contributed by atoms with Gasteiger partial charge in [0.1, 0.15) is 0 Å². The number of nitrogens with zero attached hydrogens (tertiary/aromatic N) is 1. The molecule has 6 heteroatoms. The summed E-state index contributed by atoms with van der Waals surface area (Å²) >= 11 is 3.75. The molecule has 3 aromatic carbocycles. The van der Waals surface area contributed by atoms with Crippen molar-refractivity contribution < 1.29 is 8.42 Å². The van der Waals surface area contributed by atoms with Gasteiger partial charge < -0.3 is 4.57 Å². The fourth-order valence-corrected chi connectivity index (χ4v) is 5.52. The van der Waals surface area contributed by atoms with Crippen molar-refractivity contribution in [1.82, 2.24) is 9.29 Å². The van der Waals surface area contributed by atoms with Gasteiger partial charge in [0.05, 0.1) is 9.50 Å². The maximum Gasteiger partial charge on any atom is 0.240 e. The summed E-state index contributed by atoms with van der Waals surface area (Å²) in [5.41, 5.74) is 4.25. The molecule has 154 valence electrons. The van der Waals surface area contributed by atoms with Gasteiger partial charge in [-0.3, -0.25) is 0 Å². The molecular weight excluding hydrogens is 460 g/mol. The first-order valence-electron chi connectivity index (χ1n) is 9.72. The molecule has 30 heavy (non-hydrogen) atoms. The lowest BCUT2D eigenvalue weighted by Crippen LogP contribution is -2.29. The lowest BCUT2D eigenvalue weighted by atomic mass is 9.91. The van der Waals surface area contributed by atoms with Gasteiger partial charge in [0.25, 0.3) is 0 Å². The molecule has 4 aromatic rings. The molecule has 1 aromatic heterocycles. The summed E-state index contributed by atoms with van der Waals surface area (Å²) in [5.74, 6) is -0.146. The predicted molar refractivity (Wildman–Crippen MR) is 125 cm³/mol. The monoisotopic (exact) mass is 482 g/mol. The van der Waals surface area contributed by atoms with Gasteiger partial charge in [-0.1, -0.05) is 66.2 Å². The lowest BCUT2D eigenvalue weighted by Gasteiger charge is -2.19. The van der Waals surface area contributed by atoms with Crippen LogP contribution in [0.2, 0.25) is 0 Å². The third-order valence-electron chi connectivity index (χ3n) is 5.43. The van der Waals surface area contributed by atoms with Crippen LogP contribution < -0.4 is 4.72 Å². The summed E-state index contributed by atoms with van der Waals surface area (Å²) in [7, 11) is -1.61. The van der Waals surface area contributed by atoms with Gasteiger partial charge in [0.15, 0.2) is 0 Å². The van der Waals surface area contributed by atoms with Gasteiger partial charge in [-0.2, -0.15) is 0 Å². The van der Waals surface area contributed by atoms with Crippen molar-refractivity contribution in [1.29, 1.82) is 0 Å². The zero-order valence-corrected chi connectivity index (χ0v) is 19.2. The van der Waals surface area contributed by atoms with E-state index in [-0.39, 0.29) is 17.4 Å². The van der Waals surface area contributed by atoms with Gasteiger partial charge in [-0.15, -0.1) is 0 Å². The highest BCUT2D eigenvalue weighted by molar-refractivity contribution is 9.10. The van der Waals surface area contributed by atoms with Crippen molar-refractivity contribution in [2.75, 3.05) is 6.54 Å². The average Bonchev–Trinajstić information content (AvgIpc) is 3.00. The van der Waals surface area contributed by atoms with Crippen molar-refractivity contribution in [2.45, 2.75) is 17.7 Å². The van der Waals surface area contributed by atoms with E-state index in [1.807, 2.05) is 68.6 Å². The van der Waals surface area contributed by atoms with Crippen molar-refractivity contribution in [3.8, 4) is 0 Å². The summed E-state index contributed by atoms with van der Waals surface area (Å²) in [5, 5.41) is 1.11. The zero-order valence-electron chi connectivity index (χ0n) is 16.8. The fraction of sp³-hybridized carbons (Fsp3) is 0.167. The fourth-order valence-electron chi connectivity index (χ4n) is 3.79. The molecule has 4 nitrogen and oxygen atoms in total. The van der Waals surface area contributed by atoms with Crippen LogP contribution in [0.15, 0.2) is 88.4 Å². The molecule has 0 radical (unpaired) electrons. The van der Waals surface area contributed by atoms with Crippen LogP contribution in [0, 0.1) is 6.92 Å². The van der Waals surface area contributed by atoms with E-state index < -0.39 is 10.0 Å². The maximum absolute atomic E-state index is 12.9. The van der Waals surface area contributed by atoms with Gasteiger partial charge in [-0.05, 0) is 46.6 Å². The molecule has 0 aliphatic rings. The van der Waals surface area contributed by atoms with Crippen LogP contribution in [0.5, 0.6) is 0 Å². The molecular formula is C24H23BrN2O2S. The van der Waals surface area contributed by atoms with E-state index in [0.29, 0.717) is 0 Å². The molecule has 0 aliphatic carbocycles. The first kappa shape index (κ1) is 20.8. The number of benzene rings is 3. The van der Waals surface area contributed by atoms with Crippen LogP contribution >= 0.6 is 15.9 Å². The third-order valence-corrected chi connectivity index (χ3v) is 7.83. The molecule has 1 atom stereocenters. The first-order chi connectivity index (χ1) is 14.4. The van der Waals surface area contributed by atoms with Crippen molar-refractivity contribution >= 4 is 36.9 Å². The Labute approximate surface area is 185 Å². The Kier molecular flexibility index (Phi) is 5.82. The summed E-state index contributed by atoms with van der Waals surface area (Å²) in [6.45, 7) is 2.19. The van der Waals surface area contributed by atoms with Crippen LogP contribution in [-0.2, 0) is 17.1 Å². The second-order valence-electron chi connectivity index (χ2n) is 7.41. The van der Waals surface area contributed by atoms with Gasteiger partial charge in [-0.25, -0.2) is 13.1 Å². The Morgan fingerprint density at radius 2 is 1.57 bits per heavy atom. The molecule has 1 N–H and O–H groups in total. The van der Waals surface area contributed by atoms with Crippen LogP contribution in [-0.4, -0.2) is 19.5 Å². The van der Waals surface area contributed by atoms with Crippen LogP contribution in [0.4, 0.5) is 0 Å². The standard InChI is InChI=1S/C24H23BrN2O2S/c1-17-12-14-19(15-13-17)30(28,29)26-16-21(18-8-4-3-5-9-18)23-20-10-6-7-11-22(20)27(2)24(23)25/h3-15,21,26H,16H2,1-2H3. The van der Waals surface area contributed by atoms with E-state index >= 15 is 0 Å². The highest BCUT2D eigenvalue weighted by Crippen LogP contribution is 2.38. The van der Waals surface area contributed by atoms with Crippen molar-refractivity contribution in [3.05, 3.63) is 100 Å². The highest BCUT2D eigenvalue weighted by atomic mass is 79.9. The van der Waals surface area contributed by atoms with Gasteiger partial charge in [0, 0.05) is 36.0 Å². The molecule has 0 fully saturated rings. The number of fused-ring (bicyclic) bond motifs is 1. The highest BCUT2D eigenvalue weighted by Gasteiger charge is 2.25. The molecule has 0 bridgehead atoms. The minimum Gasteiger partial charge on any atom is -0.338 e.